The van der Waals surface area contributed by atoms with Gasteiger partial charge in [-0.1, -0.05) is 25.1 Å². The molecule has 1 aliphatic rings. The van der Waals surface area contributed by atoms with Crippen LogP contribution in [0.1, 0.15) is 43.9 Å². The van der Waals surface area contributed by atoms with Crippen LogP contribution in [-0.4, -0.2) is 28.1 Å². The predicted molar refractivity (Wildman–Crippen MR) is 76.3 cm³/mol. The van der Waals surface area contributed by atoms with Crippen LogP contribution in [0.5, 0.6) is 0 Å². The molecule has 0 radical (unpaired) electrons. The topological polar surface area (TPSA) is 40.5 Å². The third-order valence-corrected chi connectivity index (χ3v) is 4.23. The van der Waals surface area contributed by atoms with E-state index in [1.165, 1.54) is 29.5 Å². The van der Waals surface area contributed by atoms with Crippen LogP contribution < -0.4 is 0 Å². The summed E-state index contributed by atoms with van der Waals surface area (Å²) in [6, 6.07) is 6.60. The van der Waals surface area contributed by atoms with Gasteiger partial charge >= 0.3 is 5.97 Å². The van der Waals surface area contributed by atoms with Gasteiger partial charge in [-0.15, -0.1) is 0 Å². The van der Waals surface area contributed by atoms with Gasteiger partial charge in [0, 0.05) is 6.54 Å². The van der Waals surface area contributed by atoms with Gasteiger partial charge < -0.3 is 5.11 Å². The molecule has 1 N–H and O–H groups in total. The number of hydrogen-bond acceptors (Lipinski definition) is 2. The quantitative estimate of drug-likeness (QED) is 0.886. The molecule has 0 bridgehead atoms. The van der Waals surface area contributed by atoms with Gasteiger partial charge in [0.25, 0.3) is 0 Å². The van der Waals surface area contributed by atoms with Crippen molar-refractivity contribution in [2.75, 3.05) is 6.54 Å². The zero-order valence-electron chi connectivity index (χ0n) is 12.1. The number of aliphatic carboxylic acids is 1. The predicted octanol–water partition coefficient (Wildman–Crippen LogP) is 2.86. The van der Waals surface area contributed by atoms with Gasteiger partial charge in [0.15, 0.2) is 0 Å². The minimum atomic E-state index is -0.826. The standard InChI is InChI=1S/C16H23NO2/c1-4-17(16(2,3)15(18)19)11-12-8-9-13-6-5-7-14(13)10-12/h8-10H,4-7,11H2,1-3H3,(H,18,19). The van der Waals surface area contributed by atoms with E-state index in [0.29, 0.717) is 6.54 Å². The summed E-state index contributed by atoms with van der Waals surface area (Å²) in [7, 11) is 0. The Morgan fingerprint density at radius 3 is 2.63 bits per heavy atom. The summed E-state index contributed by atoms with van der Waals surface area (Å²) in [5, 5.41) is 9.33. The Bertz CT molecular complexity index is 480. The number of carbonyl (C=O) groups is 1. The SMILES string of the molecule is CCN(Cc1ccc2c(c1)CCC2)C(C)(C)C(=O)O. The maximum absolute atomic E-state index is 11.4. The van der Waals surface area contributed by atoms with Crippen molar-refractivity contribution >= 4 is 5.97 Å². The van der Waals surface area contributed by atoms with E-state index in [1.54, 1.807) is 13.8 Å². The normalized spacial score (nSPS) is 14.7. The monoisotopic (exact) mass is 261 g/mol. The molecule has 0 aliphatic heterocycles. The first-order valence-corrected chi connectivity index (χ1v) is 7.04. The molecule has 2 rings (SSSR count). The lowest BCUT2D eigenvalue weighted by Crippen LogP contribution is -2.49. The van der Waals surface area contributed by atoms with Crippen molar-refractivity contribution in [1.29, 1.82) is 0 Å². The molecule has 1 aromatic rings. The molecule has 0 spiro atoms. The number of likely N-dealkylation sites (N-methyl/N-ethyl adjacent to an activating group) is 1. The third-order valence-electron chi connectivity index (χ3n) is 4.23. The molecule has 0 amide bonds. The van der Waals surface area contributed by atoms with Crippen LogP contribution in [0.4, 0.5) is 0 Å². The number of carboxylic acids is 1. The van der Waals surface area contributed by atoms with E-state index >= 15 is 0 Å². The van der Waals surface area contributed by atoms with E-state index < -0.39 is 11.5 Å². The second-order valence-electron chi connectivity index (χ2n) is 5.83. The molecular weight excluding hydrogens is 238 g/mol. The summed E-state index contributed by atoms with van der Waals surface area (Å²) in [4.78, 5) is 13.4. The molecular formula is C16H23NO2. The minimum Gasteiger partial charge on any atom is -0.480 e. The molecule has 0 heterocycles. The number of fused-ring (bicyclic) bond motifs is 1. The summed E-state index contributed by atoms with van der Waals surface area (Å²) < 4.78 is 0. The van der Waals surface area contributed by atoms with Crippen LogP contribution in [0.15, 0.2) is 18.2 Å². The van der Waals surface area contributed by atoms with Gasteiger partial charge in [-0.2, -0.15) is 0 Å². The van der Waals surface area contributed by atoms with Crippen molar-refractivity contribution in [2.24, 2.45) is 0 Å². The van der Waals surface area contributed by atoms with Gasteiger partial charge in [0.1, 0.15) is 5.54 Å². The maximum atomic E-state index is 11.4. The number of hydrogen-bond donors (Lipinski definition) is 1. The van der Waals surface area contributed by atoms with Gasteiger partial charge in [-0.25, -0.2) is 0 Å². The zero-order valence-corrected chi connectivity index (χ0v) is 12.1. The molecule has 0 fully saturated rings. The van der Waals surface area contributed by atoms with E-state index in [4.69, 9.17) is 0 Å². The highest BCUT2D eigenvalue weighted by Crippen LogP contribution is 2.25. The lowest BCUT2D eigenvalue weighted by Gasteiger charge is -2.34. The molecule has 3 nitrogen and oxygen atoms in total. The fourth-order valence-corrected chi connectivity index (χ4v) is 2.78. The van der Waals surface area contributed by atoms with Gasteiger partial charge in [0.2, 0.25) is 0 Å². The number of benzene rings is 1. The molecule has 19 heavy (non-hydrogen) atoms. The van der Waals surface area contributed by atoms with Crippen LogP contribution >= 0.6 is 0 Å². The molecule has 0 atom stereocenters. The van der Waals surface area contributed by atoms with Crippen LogP contribution in [-0.2, 0) is 24.2 Å². The Kier molecular flexibility index (Phi) is 3.95. The lowest BCUT2D eigenvalue weighted by atomic mass is 10.0. The number of nitrogens with zero attached hydrogens (tertiary/aromatic N) is 1. The summed E-state index contributed by atoms with van der Waals surface area (Å²) in [5.74, 6) is -0.768. The van der Waals surface area contributed by atoms with Crippen molar-refractivity contribution in [3.63, 3.8) is 0 Å². The lowest BCUT2D eigenvalue weighted by molar-refractivity contribution is -0.149. The fraction of sp³-hybridized carbons (Fsp3) is 0.562. The summed E-state index contributed by atoms with van der Waals surface area (Å²) in [5.41, 5.74) is 3.30. The maximum Gasteiger partial charge on any atom is 0.323 e. The molecule has 3 heteroatoms. The zero-order chi connectivity index (χ0) is 14.0. The Hall–Kier alpha value is -1.35. The molecule has 104 valence electrons. The van der Waals surface area contributed by atoms with E-state index in [9.17, 15) is 9.90 Å². The average Bonchev–Trinajstić information content (AvgIpc) is 2.82. The van der Waals surface area contributed by atoms with E-state index in [2.05, 4.69) is 18.2 Å². The van der Waals surface area contributed by atoms with E-state index in [-0.39, 0.29) is 0 Å². The Balaban J connectivity index is 2.17. The van der Waals surface area contributed by atoms with Crippen molar-refractivity contribution in [3.8, 4) is 0 Å². The molecule has 1 aromatic carbocycles. The molecule has 1 aliphatic carbocycles. The highest BCUT2D eigenvalue weighted by atomic mass is 16.4. The average molecular weight is 261 g/mol. The van der Waals surface area contributed by atoms with Crippen molar-refractivity contribution in [2.45, 2.75) is 52.1 Å². The summed E-state index contributed by atoms with van der Waals surface area (Å²) in [6.45, 7) is 6.98. The Morgan fingerprint density at radius 1 is 1.32 bits per heavy atom. The molecule has 0 aromatic heterocycles. The number of carboxylic acid groups (broad SMARTS) is 1. The minimum absolute atomic E-state index is 0.698. The molecule has 0 saturated carbocycles. The molecule has 0 saturated heterocycles. The second-order valence-corrected chi connectivity index (χ2v) is 5.83. The van der Waals surface area contributed by atoms with E-state index in [1.807, 2.05) is 11.8 Å². The van der Waals surface area contributed by atoms with Crippen LogP contribution in [0.3, 0.4) is 0 Å². The van der Waals surface area contributed by atoms with Crippen molar-refractivity contribution in [1.82, 2.24) is 4.90 Å². The van der Waals surface area contributed by atoms with Crippen molar-refractivity contribution in [3.05, 3.63) is 34.9 Å². The fourth-order valence-electron chi connectivity index (χ4n) is 2.78. The van der Waals surface area contributed by atoms with Gasteiger partial charge in [0.05, 0.1) is 0 Å². The van der Waals surface area contributed by atoms with Crippen LogP contribution in [0, 0.1) is 0 Å². The third kappa shape index (κ3) is 2.81. The smallest absolute Gasteiger partial charge is 0.323 e. The summed E-state index contributed by atoms with van der Waals surface area (Å²) in [6.07, 6.45) is 3.60. The Labute approximate surface area is 115 Å². The number of aryl methyl sites for hydroxylation is 2. The van der Waals surface area contributed by atoms with Crippen LogP contribution in [0.25, 0.3) is 0 Å². The first-order chi connectivity index (χ1) is 8.95. The molecule has 0 unspecified atom stereocenters. The van der Waals surface area contributed by atoms with E-state index in [0.717, 1.165) is 13.0 Å². The van der Waals surface area contributed by atoms with Gasteiger partial charge in [-0.3, -0.25) is 9.69 Å². The first-order valence-electron chi connectivity index (χ1n) is 7.04. The highest BCUT2D eigenvalue weighted by Gasteiger charge is 2.33. The number of rotatable bonds is 5. The second kappa shape index (κ2) is 5.33. The largest absolute Gasteiger partial charge is 0.480 e. The van der Waals surface area contributed by atoms with Crippen molar-refractivity contribution < 1.29 is 9.90 Å². The summed E-state index contributed by atoms with van der Waals surface area (Å²) >= 11 is 0. The Morgan fingerprint density at radius 2 is 2.00 bits per heavy atom. The highest BCUT2D eigenvalue weighted by molar-refractivity contribution is 5.77. The van der Waals surface area contributed by atoms with Gasteiger partial charge in [-0.05, 0) is 56.3 Å². The first kappa shape index (κ1) is 14.1. The van der Waals surface area contributed by atoms with Crippen LogP contribution in [0.2, 0.25) is 0 Å².